The molecule has 186 valence electrons. The predicted octanol–water partition coefficient (Wildman–Crippen LogP) is 7.78. The van der Waals surface area contributed by atoms with Crippen molar-refractivity contribution in [1.82, 2.24) is 0 Å². The molecular weight excluding hydrogens is 477 g/mol. The zero-order valence-corrected chi connectivity index (χ0v) is 20.5. The van der Waals surface area contributed by atoms with Gasteiger partial charge in [0.05, 0.1) is 25.7 Å². The number of benzene rings is 2. The highest BCUT2D eigenvalue weighted by Gasteiger charge is 2.40. The highest BCUT2D eigenvalue weighted by atomic mass is 35.5. The van der Waals surface area contributed by atoms with Gasteiger partial charge in [-0.3, -0.25) is 4.79 Å². The van der Waals surface area contributed by atoms with Gasteiger partial charge in [0.25, 0.3) is 5.91 Å². The lowest BCUT2D eigenvalue weighted by Gasteiger charge is -2.40. The van der Waals surface area contributed by atoms with Crippen molar-refractivity contribution < 1.29 is 26.9 Å². The quantitative estimate of drug-likeness (QED) is 0.347. The Labute approximate surface area is 208 Å². The highest BCUT2D eigenvalue weighted by molar-refractivity contribution is 6.30. The van der Waals surface area contributed by atoms with Crippen LogP contribution in [0.5, 0.6) is 0 Å². The Balaban J connectivity index is 1.49. The number of quaternary nitrogens is 1. The molecule has 4 nitrogen and oxygen atoms in total. The Bertz CT molecular complexity index is 1160. The van der Waals surface area contributed by atoms with Crippen LogP contribution in [0.2, 0.25) is 5.02 Å². The van der Waals surface area contributed by atoms with Crippen molar-refractivity contribution in [3.8, 4) is 11.3 Å². The van der Waals surface area contributed by atoms with Gasteiger partial charge in [-0.05, 0) is 68.1 Å². The van der Waals surface area contributed by atoms with Crippen molar-refractivity contribution in [2.75, 3.05) is 19.4 Å². The molecule has 3 aromatic rings. The number of carbonyl (C=O) groups is 1. The van der Waals surface area contributed by atoms with Crippen LogP contribution < -0.4 is 5.32 Å². The smallest absolute Gasteiger partial charge is 0.450 e. The number of hydrogen-bond donors (Lipinski definition) is 1. The average Bonchev–Trinajstić information content (AvgIpc) is 3.28. The Morgan fingerprint density at radius 1 is 1.03 bits per heavy atom. The highest BCUT2D eigenvalue weighted by Crippen LogP contribution is 2.38. The van der Waals surface area contributed by atoms with E-state index in [0.29, 0.717) is 22.3 Å². The molecule has 1 fully saturated rings. The number of anilines is 1. The summed E-state index contributed by atoms with van der Waals surface area (Å²) in [7, 11) is 4.48. The fourth-order valence-electron chi connectivity index (χ4n) is 4.80. The van der Waals surface area contributed by atoms with Crippen molar-refractivity contribution >= 4 is 23.2 Å². The molecule has 0 saturated heterocycles. The van der Waals surface area contributed by atoms with Gasteiger partial charge in [0, 0.05) is 21.8 Å². The van der Waals surface area contributed by atoms with Crippen molar-refractivity contribution in [3.05, 3.63) is 76.5 Å². The SMILES string of the molecule is C[N+](C)(Cc1ccc(NC(=O)c2cc(-c3ccc(Cl)cc3)oc2C(F)(F)F)cc1)C1CCCCC1. The minimum Gasteiger partial charge on any atom is -0.451 e. The standard InChI is InChI=1S/C27H28ClF3N2O2/c1-33(2,22-6-4-3-5-7-22)17-18-8-14-21(15-9-18)32-26(34)23-16-24(35-25(23)27(29,30)31)19-10-12-20(28)13-11-19/h8-16,22H,3-7,17H2,1-2H3/p+1. The number of carbonyl (C=O) groups excluding carboxylic acids is 1. The minimum absolute atomic E-state index is 0.0581. The third-order valence-corrected chi connectivity index (χ3v) is 6.98. The first-order chi connectivity index (χ1) is 16.5. The van der Waals surface area contributed by atoms with E-state index in [0.717, 1.165) is 22.7 Å². The fraction of sp³-hybridized carbons (Fsp3) is 0.370. The lowest BCUT2D eigenvalue weighted by molar-refractivity contribution is -0.929. The molecule has 0 unspecified atom stereocenters. The Hall–Kier alpha value is -2.77. The van der Waals surface area contributed by atoms with Gasteiger partial charge < -0.3 is 14.2 Å². The van der Waals surface area contributed by atoms with Gasteiger partial charge in [0.1, 0.15) is 12.3 Å². The summed E-state index contributed by atoms with van der Waals surface area (Å²) in [5.74, 6) is -2.27. The zero-order valence-electron chi connectivity index (χ0n) is 19.8. The number of rotatable bonds is 6. The summed E-state index contributed by atoms with van der Waals surface area (Å²) in [6, 6.07) is 15.2. The van der Waals surface area contributed by atoms with Crippen LogP contribution >= 0.6 is 11.6 Å². The molecule has 1 saturated carbocycles. The fourth-order valence-corrected chi connectivity index (χ4v) is 4.92. The van der Waals surface area contributed by atoms with Crippen LogP contribution in [0.1, 0.15) is 53.8 Å². The van der Waals surface area contributed by atoms with Crippen molar-refractivity contribution in [2.45, 2.75) is 50.9 Å². The van der Waals surface area contributed by atoms with Gasteiger partial charge in [-0.25, -0.2) is 0 Å². The van der Waals surface area contributed by atoms with Gasteiger partial charge in [-0.2, -0.15) is 13.2 Å². The van der Waals surface area contributed by atoms with Crippen molar-refractivity contribution in [2.24, 2.45) is 0 Å². The lowest BCUT2D eigenvalue weighted by Crippen LogP contribution is -2.48. The molecule has 1 aromatic heterocycles. The van der Waals surface area contributed by atoms with Crippen LogP contribution in [0, 0.1) is 0 Å². The van der Waals surface area contributed by atoms with Gasteiger partial charge in [-0.1, -0.05) is 30.2 Å². The van der Waals surface area contributed by atoms with Crippen molar-refractivity contribution in [1.29, 1.82) is 0 Å². The molecule has 0 bridgehead atoms. The van der Waals surface area contributed by atoms with Gasteiger partial charge in [-0.15, -0.1) is 0 Å². The van der Waals surface area contributed by atoms with E-state index < -0.39 is 23.4 Å². The van der Waals surface area contributed by atoms with E-state index in [1.54, 1.807) is 24.3 Å². The van der Waals surface area contributed by atoms with Crippen LogP contribution in [-0.4, -0.2) is 30.5 Å². The summed E-state index contributed by atoms with van der Waals surface area (Å²) >= 11 is 5.86. The second kappa shape index (κ2) is 10.1. The van der Waals surface area contributed by atoms with Gasteiger partial charge in [0.2, 0.25) is 5.76 Å². The summed E-state index contributed by atoms with van der Waals surface area (Å²) < 4.78 is 46.8. The third-order valence-electron chi connectivity index (χ3n) is 6.73. The van der Waals surface area contributed by atoms with Crippen molar-refractivity contribution in [3.63, 3.8) is 0 Å². The van der Waals surface area contributed by atoms with E-state index in [1.165, 1.54) is 44.2 Å². The zero-order chi connectivity index (χ0) is 25.2. The average molecular weight is 506 g/mol. The van der Waals surface area contributed by atoms with Crippen LogP contribution in [-0.2, 0) is 12.7 Å². The number of furan rings is 1. The molecule has 1 N–H and O–H groups in total. The van der Waals surface area contributed by atoms with Crippen LogP contribution in [0.4, 0.5) is 18.9 Å². The second-order valence-electron chi connectivity index (χ2n) is 9.74. The van der Waals surface area contributed by atoms with E-state index in [9.17, 15) is 18.0 Å². The summed E-state index contributed by atoms with van der Waals surface area (Å²) in [6.45, 7) is 0.850. The first kappa shape index (κ1) is 25.3. The van der Waals surface area contributed by atoms with E-state index in [-0.39, 0.29) is 5.76 Å². The Morgan fingerprint density at radius 3 is 2.26 bits per heavy atom. The molecule has 0 aliphatic heterocycles. The first-order valence-electron chi connectivity index (χ1n) is 11.7. The molecule has 1 amide bonds. The molecule has 35 heavy (non-hydrogen) atoms. The van der Waals surface area contributed by atoms with E-state index in [4.69, 9.17) is 16.0 Å². The van der Waals surface area contributed by atoms with E-state index in [1.807, 2.05) is 12.1 Å². The molecule has 2 aromatic carbocycles. The van der Waals surface area contributed by atoms with Crippen LogP contribution in [0.15, 0.2) is 59.0 Å². The molecule has 0 atom stereocenters. The molecule has 1 heterocycles. The molecule has 1 aliphatic carbocycles. The molecule has 0 radical (unpaired) electrons. The molecular formula is C27H29ClF3N2O2+. The molecule has 0 spiro atoms. The molecule has 1 aliphatic rings. The van der Waals surface area contributed by atoms with Crippen LogP contribution in [0.25, 0.3) is 11.3 Å². The summed E-state index contributed by atoms with van der Waals surface area (Å²) in [6.07, 6.45) is 1.48. The summed E-state index contributed by atoms with van der Waals surface area (Å²) in [5, 5.41) is 3.02. The van der Waals surface area contributed by atoms with Crippen LogP contribution in [0.3, 0.4) is 0 Å². The number of nitrogens with one attached hydrogen (secondary N) is 1. The van der Waals surface area contributed by atoms with Gasteiger partial charge >= 0.3 is 6.18 Å². The number of hydrogen-bond acceptors (Lipinski definition) is 2. The summed E-state index contributed by atoms with van der Waals surface area (Å²) in [4.78, 5) is 12.8. The lowest BCUT2D eigenvalue weighted by atomic mass is 9.92. The predicted molar refractivity (Wildman–Crippen MR) is 131 cm³/mol. The number of amides is 1. The number of halogens is 4. The van der Waals surface area contributed by atoms with Gasteiger partial charge in [0.15, 0.2) is 0 Å². The monoisotopic (exact) mass is 505 g/mol. The topological polar surface area (TPSA) is 42.2 Å². The maximum atomic E-state index is 13.6. The first-order valence-corrected chi connectivity index (χ1v) is 12.1. The number of nitrogens with zero attached hydrogens (tertiary/aromatic N) is 1. The molecule has 8 heteroatoms. The molecule has 4 rings (SSSR count). The third kappa shape index (κ3) is 6.08. The maximum absolute atomic E-state index is 13.6. The second-order valence-corrected chi connectivity index (χ2v) is 10.2. The Morgan fingerprint density at radius 2 is 1.66 bits per heavy atom. The maximum Gasteiger partial charge on any atom is 0.450 e. The number of alkyl halides is 3. The minimum atomic E-state index is -4.82. The largest absolute Gasteiger partial charge is 0.451 e. The van der Waals surface area contributed by atoms with E-state index >= 15 is 0 Å². The summed E-state index contributed by atoms with van der Waals surface area (Å²) in [5.41, 5.74) is 1.36. The van der Waals surface area contributed by atoms with E-state index in [2.05, 4.69) is 19.4 Å². The Kier molecular flexibility index (Phi) is 7.29. The normalized spacial score (nSPS) is 15.3.